The Balaban J connectivity index is 2.17. The maximum atomic E-state index is 13.8. The Morgan fingerprint density at radius 2 is 1.50 bits per heavy atom. The van der Waals surface area contributed by atoms with Crippen LogP contribution >= 0.6 is 0 Å². The van der Waals surface area contributed by atoms with Gasteiger partial charge in [-0.25, -0.2) is 13.2 Å². The van der Waals surface area contributed by atoms with Crippen LogP contribution in [0.5, 0.6) is 0 Å². The van der Waals surface area contributed by atoms with Crippen molar-refractivity contribution in [2.45, 2.75) is 25.5 Å². The van der Waals surface area contributed by atoms with Gasteiger partial charge in [0.15, 0.2) is 0 Å². The molecule has 0 aliphatic rings. The molecule has 0 aliphatic heterocycles. The molecule has 0 aromatic heterocycles. The lowest BCUT2D eigenvalue weighted by molar-refractivity contribution is 0.523. The maximum absolute atomic E-state index is 13.8. The van der Waals surface area contributed by atoms with Crippen molar-refractivity contribution in [1.29, 1.82) is 0 Å². The molecule has 2 unspecified atom stereocenters. The van der Waals surface area contributed by atoms with Gasteiger partial charge in [0.05, 0.1) is 0 Å². The summed E-state index contributed by atoms with van der Waals surface area (Å²) in [5.74, 6) is -3.06. The predicted molar refractivity (Wildman–Crippen MR) is 85.4 cm³/mol. The topological polar surface area (TPSA) is 0 Å². The molecule has 0 heterocycles. The van der Waals surface area contributed by atoms with Crippen molar-refractivity contribution in [3.05, 3.63) is 77.1 Å². The van der Waals surface area contributed by atoms with E-state index in [1.165, 1.54) is 0 Å². The number of halogens is 3. The summed E-state index contributed by atoms with van der Waals surface area (Å²) < 4.78 is 40.6. The average molecular weight is 301 g/mol. The van der Waals surface area contributed by atoms with Crippen molar-refractivity contribution >= 4 is 13.4 Å². The van der Waals surface area contributed by atoms with Gasteiger partial charge in [-0.05, 0) is 17.2 Å². The highest BCUT2D eigenvalue weighted by molar-refractivity contribution is 6.39. The summed E-state index contributed by atoms with van der Waals surface area (Å²) in [7, 11) is 1.85. The van der Waals surface area contributed by atoms with Crippen LogP contribution in [0.3, 0.4) is 0 Å². The third kappa shape index (κ3) is 3.62. The second kappa shape index (κ2) is 6.86. The van der Waals surface area contributed by atoms with Crippen LogP contribution in [0.15, 0.2) is 43.0 Å². The zero-order chi connectivity index (χ0) is 16.3. The Labute approximate surface area is 129 Å². The Morgan fingerprint density at radius 1 is 0.955 bits per heavy atom. The molecule has 2 aromatic carbocycles. The largest absolute Gasteiger partial charge is 0.207 e. The van der Waals surface area contributed by atoms with E-state index >= 15 is 0 Å². The molecule has 0 saturated carbocycles. The quantitative estimate of drug-likeness (QED) is 0.660. The van der Waals surface area contributed by atoms with E-state index < -0.39 is 23.3 Å². The van der Waals surface area contributed by atoms with E-state index in [0.717, 1.165) is 11.1 Å². The maximum Gasteiger partial charge on any atom is 0.131 e. The van der Waals surface area contributed by atoms with Crippen LogP contribution in [-0.4, -0.2) is 7.28 Å². The van der Waals surface area contributed by atoms with Gasteiger partial charge in [0, 0.05) is 17.7 Å². The first kappa shape index (κ1) is 16.4. The van der Waals surface area contributed by atoms with Crippen molar-refractivity contribution < 1.29 is 13.2 Å². The van der Waals surface area contributed by atoms with Crippen molar-refractivity contribution in [3.63, 3.8) is 0 Å². The van der Waals surface area contributed by atoms with Crippen LogP contribution < -0.4 is 0 Å². The van der Waals surface area contributed by atoms with Crippen LogP contribution in [-0.2, 0) is 0 Å². The second-order valence-corrected chi connectivity index (χ2v) is 5.42. The van der Waals surface area contributed by atoms with Gasteiger partial charge >= 0.3 is 0 Å². The van der Waals surface area contributed by atoms with E-state index in [-0.39, 0.29) is 11.4 Å². The van der Waals surface area contributed by atoms with Gasteiger partial charge in [-0.2, -0.15) is 0 Å². The standard InChI is InChI=1S/C18H17BF3/c1-4-13-5-7-14(8-6-13)11(2)19-12(3)18-16(21)9-15(20)10-17(18)22/h4-12H,1H2,2-3H3. The molecule has 0 saturated heterocycles. The normalized spacial score (nSPS) is 13.5. The molecule has 1 radical (unpaired) electrons. The minimum atomic E-state index is -0.904. The predicted octanol–water partition coefficient (Wildman–Crippen LogP) is 5.27. The van der Waals surface area contributed by atoms with E-state index in [2.05, 4.69) is 6.58 Å². The average Bonchev–Trinajstić information content (AvgIpc) is 2.46. The van der Waals surface area contributed by atoms with Gasteiger partial charge in [-0.3, -0.25) is 0 Å². The molecule has 2 aromatic rings. The molecule has 2 rings (SSSR count). The summed E-state index contributed by atoms with van der Waals surface area (Å²) in [6.07, 6.45) is 1.75. The fourth-order valence-corrected chi connectivity index (χ4v) is 2.56. The van der Waals surface area contributed by atoms with Gasteiger partial charge in [-0.1, -0.05) is 56.3 Å². The van der Waals surface area contributed by atoms with Crippen molar-refractivity contribution in [1.82, 2.24) is 0 Å². The third-order valence-corrected chi connectivity index (χ3v) is 3.77. The molecule has 0 amide bonds. The Kier molecular flexibility index (Phi) is 5.12. The molecular formula is C18H17BF3. The zero-order valence-electron chi connectivity index (χ0n) is 12.6. The molecule has 0 fully saturated rings. The van der Waals surface area contributed by atoms with Crippen LogP contribution in [0, 0.1) is 17.5 Å². The molecule has 0 spiro atoms. The molecule has 22 heavy (non-hydrogen) atoms. The summed E-state index contributed by atoms with van der Waals surface area (Å²) in [6.45, 7) is 7.36. The SMILES string of the molecule is C=Cc1ccc(C(C)[B]C(C)c2c(F)cc(F)cc2F)cc1. The van der Waals surface area contributed by atoms with Gasteiger partial charge in [0.25, 0.3) is 0 Å². The molecule has 0 nitrogen and oxygen atoms in total. The highest BCUT2D eigenvalue weighted by Crippen LogP contribution is 2.27. The van der Waals surface area contributed by atoms with Crippen LogP contribution in [0.2, 0.25) is 0 Å². The monoisotopic (exact) mass is 301 g/mol. The Morgan fingerprint density at radius 3 is 2.00 bits per heavy atom. The fraction of sp³-hybridized carbons (Fsp3) is 0.222. The first-order chi connectivity index (χ1) is 10.4. The van der Waals surface area contributed by atoms with Crippen molar-refractivity contribution in [2.24, 2.45) is 0 Å². The lowest BCUT2D eigenvalue weighted by atomic mass is 9.52. The number of hydrogen-bond acceptors (Lipinski definition) is 0. The minimum absolute atomic E-state index is 0.0118. The van der Waals surface area contributed by atoms with Gasteiger partial charge in [0.2, 0.25) is 0 Å². The summed E-state index contributed by atoms with van der Waals surface area (Å²) in [6, 6.07) is 9.23. The van der Waals surface area contributed by atoms with E-state index in [1.807, 2.05) is 38.5 Å². The smallest absolute Gasteiger partial charge is 0.131 e. The molecular weight excluding hydrogens is 284 g/mol. The molecule has 0 bridgehead atoms. The fourth-order valence-electron chi connectivity index (χ4n) is 2.56. The lowest BCUT2D eigenvalue weighted by Gasteiger charge is -2.18. The number of benzene rings is 2. The van der Waals surface area contributed by atoms with Gasteiger partial charge in [-0.15, -0.1) is 0 Å². The number of hydrogen-bond donors (Lipinski definition) is 0. The van der Waals surface area contributed by atoms with E-state index in [0.29, 0.717) is 12.1 Å². The highest BCUT2D eigenvalue weighted by atomic mass is 19.1. The summed E-state index contributed by atoms with van der Waals surface area (Å²) in [5.41, 5.74) is 1.95. The first-order valence-electron chi connectivity index (χ1n) is 7.14. The van der Waals surface area contributed by atoms with E-state index in [1.54, 1.807) is 13.0 Å². The molecule has 4 heteroatoms. The third-order valence-electron chi connectivity index (χ3n) is 3.77. The zero-order valence-corrected chi connectivity index (χ0v) is 12.6. The van der Waals surface area contributed by atoms with Crippen molar-refractivity contribution in [2.75, 3.05) is 0 Å². The highest BCUT2D eigenvalue weighted by Gasteiger charge is 2.21. The summed E-state index contributed by atoms with van der Waals surface area (Å²) in [5, 5.41) is 0. The Hall–Kier alpha value is -1.97. The second-order valence-electron chi connectivity index (χ2n) is 5.42. The van der Waals surface area contributed by atoms with E-state index in [4.69, 9.17) is 0 Å². The molecule has 0 aliphatic carbocycles. The first-order valence-corrected chi connectivity index (χ1v) is 7.14. The molecule has 113 valence electrons. The molecule has 0 N–H and O–H groups in total. The van der Waals surface area contributed by atoms with Crippen molar-refractivity contribution in [3.8, 4) is 0 Å². The van der Waals surface area contributed by atoms with E-state index in [9.17, 15) is 13.2 Å². The van der Waals surface area contributed by atoms with Gasteiger partial charge < -0.3 is 0 Å². The minimum Gasteiger partial charge on any atom is -0.207 e. The van der Waals surface area contributed by atoms with Gasteiger partial charge in [0.1, 0.15) is 24.7 Å². The van der Waals surface area contributed by atoms with Crippen LogP contribution in [0.25, 0.3) is 6.08 Å². The molecule has 2 atom stereocenters. The Bertz CT molecular complexity index is 642. The lowest BCUT2D eigenvalue weighted by Crippen LogP contribution is -2.15. The van der Waals surface area contributed by atoms with Crippen LogP contribution in [0.4, 0.5) is 13.2 Å². The van der Waals surface area contributed by atoms with Crippen LogP contribution in [0.1, 0.15) is 42.2 Å². The summed E-state index contributed by atoms with van der Waals surface area (Å²) >= 11 is 0. The number of rotatable bonds is 5. The summed E-state index contributed by atoms with van der Waals surface area (Å²) in [4.78, 5) is 0.